The fourth-order valence-corrected chi connectivity index (χ4v) is 1.61. The minimum Gasteiger partial charge on any atom is -0.356 e. The Kier molecular flexibility index (Phi) is 5.05. The summed E-state index contributed by atoms with van der Waals surface area (Å²) in [7, 11) is 1.92. The van der Waals surface area contributed by atoms with Gasteiger partial charge in [-0.2, -0.15) is 0 Å². The monoisotopic (exact) mass is 223 g/mol. The molecule has 0 aliphatic rings. The summed E-state index contributed by atoms with van der Waals surface area (Å²) in [5.41, 5.74) is 0.765. The largest absolute Gasteiger partial charge is 0.356 e. The molecule has 1 aromatic rings. The molecule has 0 aliphatic heterocycles. The van der Waals surface area contributed by atoms with Crippen molar-refractivity contribution >= 4 is 5.91 Å². The Labute approximate surface area is 97.2 Å². The number of aromatic nitrogens is 1. The van der Waals surface area contributed by atoms with E-state index in [9.17, 15) is 4.79 Å². The van der Waals surface area contributed by atoms with Gasteiger partial charge in [-0.15, -0.1) is 0 Å². The van der Waals surface area contributed by atoms with E-state index in [4.69, 9.17) is 0 Å². The Hall–Kier alpha value is -1.29. The van der Waals surface area contributed by atoms with Gasteiger partial charge in [0, 0.05) is 39.1 Å². The van der Waals surface area contributed by atoms with E-state index < -0.39 is 0 Å². The number of nitrogens with one attached hydrogen (secondary N) is 1. The lowest BCUT2D eigenvalue weighted by molar-refractivity contribution is 0.0766. The van der Waals surface area contributed by atoms with Crippen molar-refractivity contribution in [3.8, 4) is 0 Å². The molecule has 4 nitrogen and oxygen atoms in total. The lowest BCUT2D eigenvalue weighted by Gasteiger charge is -2.20. The number of hydrogen-bond acceptors (Lipinski definition) is 2. The molecule has 1 amide bonds. The van der Waals surface area contributed by atoms with Crippen LogP contribution in [0.15, 0.2) is 18.5 Å². The lowest BCUT2D eigenvalue weighted by Crippen LogP contribution is -2.36. The van der Waals surface area contributed by atoms with Crippen molar-refractivity contribution < 1.29 is 4.79 Å². The summed E-state index contributed by atoms with van der Waals surface area (Å²) < 4.78 is 1.89. The summed E-state index contributed by atoms with van der Waals surface area (Å²) >= 11 is 0. The van der Waals surface area contributed by atoms with Crippen molar-refractivity contribution in [2.45, 2.75) is 13.8 Å². The third-order valence-electron chi connectivity index (χ3n) is 2.56. The van der Waals surface area contributed by atoms with Gasteiger partial charge in [-0.05, 0) is 19.5 Å². The van der Waals surface area contributed by atoms with Crippen molar-refractivity contribution in [2.75, 3.05) is 26.2 Å². The predicted molar refractivity (Wildman–Crippen MR) is 65.5 cm³/mol. The molecular weight excluding hydrogens is 202 g/mol. The molecule has 1 aromatic heterocycles. The molecule has 0 unspecified atom stereocenters. The van der Waals surface area contributed by atoms with Gasteiger partial charge in [0.25, 0.3) is 5.91 Å². The minimum absolute atomic E-state index is 0.112. The van der Waals surface area contributed by atoms with Crippen LogP contribution in [0.25, 0.3) is 0 Å². The van der Waals surface area contributed by atoms with Crippen LogP contribution in [0.1, 0.15) is 24.2 Å². The molecule has 0 saturated carbocycles. The second-order valence-corrected chi connectivity index (χ2v) is 3.80. The van der Waals surface area contributed by atoms with Crippen LogP contribution in [0.2, 0.25) is 0 Å². The number of carbonyl (C=O) groups is 1. The van der Waals surface area contributed by atoms with Crippen LogP contribution in [0.4, 0.5) is 0 Å². The minimum atomic E-state index is 0.112. The summed E-state index contributed by atoms with van der Waals surface area (Å²) in [6.07, 6.45) is 3.75. The molecule has 1 heterocycles. The van der Waals surface area contributed by atoms with Crippen LogP contribution < -0.4 is 5.32 Å². The van der Waals surface area contributed by atoms with E-state index in [2.05, 4.69) is 12.2 Å². The molecule has 0 aliphatic carbocycles. The number of hydrogen-bond donors (Lipinski definition) is 1. The number of carbonyl (C=O) groups excluding carboxylic acids is 1. The van der Waals surface area contributed by atoms with Gasteiger partial charge in [-0.25, -0.2) is 0 Å². The van der Waals surface area contributed by atoms with Crippen molar-refractivity contribution in [1.29, 1.82) is 0 Å². The SMILES string of the molecule is CCNCCN(CC)C(=O)c1ccn(C)c1. The van der Waals surface area contributed by atoms with Crippen LogP contribution in [0, 0.1) is 0 Å². The number of aryl methyl sites for hydroxylation is 1. The van der Waals surface area contributed by atoms with Crippen molar-refractivity contribution in [2.24, 2.45) is 7.05 Å². The quantitative estimate of drug-likeness (QED) is 0.733. The fraction of sp³-hybridized carbons (Fsp3) is 0.583. The summed E-state index contributed by atoms with van der Waals surface area (Å²) in [5, 5.41) is 3.23. The van der Waals surface area contributed by atoms with Gasteiger partial charge in [-0.3, -0.25) is 4.79 Å². The zero-order valence-electron chi connectivity index (χ0n) is 10.4. The Balaban J connectivity index is 2.55. The first kappa shape index (κ1) is 12.8. The normalized spacial score (nSPS) is 10.4. The average Bonchev–Trinajstić information content (AvgIpc) is 2.70. The molecule has 0 aromatic carbocycles. The van der Waals surface area contributed by atoms with E-state index in [-0.39, 0.29) is 5.91 Å². The van der Waals surface area contributed by atoms with Gasteiger partial charge in [0.15, 0.2) is 0 Å². The average molecular weight is 223 g/mol. The second kappa shape index (κ2) is 6.33. The topological polar surface area (TPSA) is 37.3 Å². The Morgan fingerprint density at radius 2 is 2.25 bits per heavy atom. The zero-order chi connectivity index (χ0) is 12.0. The summed E-state index contributed by atoms with van der Waals surface area (Å²) in [4.78, 5) is 13.9. The molecular formula is C12H21N3O. The molecule has 16 heavy (non-hydrogen) atoms. The van der Waals surface area contributed by atoms with Gasteiger partial charge >= 0.3 is 0 Å². The van der Waals surface area contributed by atoms with Crippen molar-refractivity contribution in [3.63, 3.8) is 0 Å². The van der Waals surface area contributed by atoms with Crippen LogP contribution in [-0.4, -0.2) is 41.6 Å². The van der Waals surface area contributed by atoms with Gasteiger partial charge < -0.3 is 14.8 Å². The van der Waals surface area contributed by atoms with Crippen LogP contribution in [0.5, 0.6) is 0 Å². The maximum absolute atomic E-state index is 12.1. The molecule has 1 rings (SSSR count). The highest BCUT2D eigenvalue weighted by Gasteiger charge is 2.13. The predicted octanol–water partition coefficient (Wildman–Crippen LogP) is 1.10. The standard InChI is InChI=1S/C12H21N3O/c1-4-13-7-9-15(5-2)12(16)11-6-8-14(3)10-11/h6,8,10,13H,4-5,7,9H2,1-3H3. The Morgan fingerprint density at radius 1 is 1.50 bits per heavy atom. The molecule has 0 radical (unpaired) electrons. The van der Waals surface area contributed by atoms with Gasteiger partial charge in [0.2, 0.25) is 0 Å². The first-order valence-electron chi connectivity index (χ1n) is 5.81. The second-order valence-electron chi connectivity index (χ2n) is 3.80. The van der Waals surface area contributed by atoms with E-state index >= 15 is 0 Å². The molecule has 0 atom stereocenters. The van der Waals surface area contributed by atoms with E-state index in [1.807, 2.05) is 41.9 Å². The van der Waals surface area contributed by atoms with E-state index in [1.165, 1.54) is 0 Å². The smallest absolute Gasteiger partial charge is 0.255 e. The first-order chi connectivity index (χ1) is 7.69. The van der Waals surface area contributed by atoms with Gasteiger partial charge in [-0.1, -0.05) is 6.92 Å². The third-order valence-corrected chi connectivity index (χ3v) is 2.56. The first-order valence-corrected chi connectivity index (χ1v) is 5.81. The van der Waals surface area contributed by atoms with E-state index in [0.717, 1.165) is 31.7 Å². The van der Waals surface area contributed by atoms with E-state index in [1.54, 1.807) is 0 Å². The maximum Gasteiger partial charge on any atom is 0.255 e. The highest BCUT2D eigenvalue weighted by Crippen LogP contribution is 2.04. The van der Waals surface area contributed by atoms with Crippen LogP contribution in [-0.2, 0) is 7.05 Å². The molecule has 4 heteroatoms. The molecule has 0 fully saturated rings. The molecule has 0 bridgehead atoms. The number of likely N-dealkylation sites (N-methyl/N-ethyl adjacent to an activating group) is 2. The van der Waals surface area contributed by atoms with Crippen molar-refractivity contribution in [1.82, 2.24) is 14.8 Å². The number of amides is 1. The highest BCUT2D eigenvalue weighted by molar-refractivity contribution is 5.94. The Bertz CT molecular complexity index is 333. The third kappa shape index (κ3) is 3.38. The number of nitrogens with zero attached hydrogens (tertiary/aromatic N) is 2. The highest BCUT2D eigenvalue weighted by atomic mass is 16.2. The molecule has 1 N–H and O–H groups in total. The zero-order valence-corrected chi connectivity index (χ0v) is 10.4. The lowest BCUT2D eigenvalue weighted by atomic mass is 10.3. The number of rotatable bonds is 6. The Morgan fingerprint density at radius 3 is 2.75 bits per heavy atom. The van der Waals surface area contributed by atoms with Crippen molar-refractivity contribution in [3.05, 3.63) is 24.0 Å². The van der Waals surface area contributed by atoms with Crippen LogP contribution >= 0.6 is 0 Å². The van der Waals surface area contributed by atoms with Gasteiger partial charge in [0.05, 0.1) is 5.56 Å². The van der Waals surface area contributed by atoms with E-state index in [0.29, 0.717) is 0 Å². The maximum atomic E-state index is 12.1. The van der Waals surface area contributed by atoms with Crippen LogP contribution in [0.3, 0.4) is 0 Å². The fourth-order valence-electron chi connectivity index (χ4n) is 1.61. The van der Waals surface area contributed by atoms with Gasteiger partial charge in [0.1, 0.15) is 0 Å². The summed E-state index contributed by atoms with van der Waals surface area (Å²) in [5.74, 6) is 0.112. The summed E-state index contributed by atoms with van der Waals surface area (Å²) in [6, 6.07) is 1.86. The molecule has 90 valence electrons. The molecule has 0 spiro atoms. The summed E-state index contributed by atoms with van der Waals surface area (Å²) in [6.45, 7) is 7.37. The molecule has 0 saturated heterocycles.